The average Bonchev–Trinajstić information content (AvgIpc) is 2.41. The van der Waals surface area contributed by atoms with Crippen molar-refractivity contribution in [2.24, 2.45) is 0 Å². The van der Waals surface area contributed by atoms with Gasteiger partial charge in [0.2, 0.25) is 6.29 Å². The molecule has 20 heavy (non-hydrogen) atoms. The molecule has 0 bridgehead atoms. The fraction of sp³-hybridized carbons (Fsp3) is 0.625. The molecule has 0 amide bonds. The topological polar surface area (TPSA) is 52.6 Å². The molecule has 0 fully saturated rings. The Morgan fingerprint density at radius 1 is 1.05 bits per heavy atom. The van der Waals surface area contributed by atoms with Gasteiger partial charge in [-0.15, -0.1) is 0 Å². The second kappa shape index (κ2) is 12.5. The quantitative estimate of drug-likeness (QED) is 0.249. The molecular weight excluding hydrogens is 256 g/mol. The number of ether oxygens (including phenoxy) is 2. The first-order chi connectivity index (χ1) is 9.60. The average molecular weight is 282 g/mol. The standard InChI is InChI=1S/C16H26O4/c1-4-6-7-8-9-10-11-12-13-16(18)20-14(3)19-15(17)5-2/h5,12-14H,2,4,6-11H2,1,3H3/b13-12+. The predicted octanol–water partition coefficient (Wildman–Crippen LogP) is 3.91. The summed E-state index contributed by atoms with van der Waals surface area (Å²) in [6.45, 7) is 6.94. The van der Waals surface area contributed by atoms with Crippen LogP contribution in [0.1, 0.15) is 58.8 Å². The highest BCUT2D eigenvalue weighted by molar-refractivity contribution is 5.83. The summed E-state index contributed by atoms with van der Waals surface area (Å²) in [5, 5.41) is 0. The van der Waals surface area contributed by atoms with Gasteiger partial charge in [0.25, 0.3) is 0 Å². The van der Waals surface area contributed by atoms with Crippen LogP contribution < -0.4 is 0 Å². The number of hydrogen-bond donors (Lipinski definition) is 0. The Morgan fingerprint density at radius 2 is 1.65 bits per heavy atom. The van der Waals surface area contributed by atoms with E-state index < -0.39 is 18.2 Å². The molecule has 0 heterocycles. The van der Waals surface area contributed by atoms with E-state index in [1.165, 1.54) is 45.1 Å². The number of unbranched alkanes of at least 4 members (excludes halogenated alkanes) is 6. The number of allylic oxidation sites excluding steroid dienone is 1. The fourth-order valence-corrected chi connectivity index (χ4v) is 1.66. The van der Waals surface area contributed by atoms with E-state index in [1.54, 1.807) is 6.08 Å². The lowest BCUT2D eigenvalue weighted by Gasteiger charge is -2.11. The normalized spacial score (nSPS) is 12.1. The number of carbonyl (C=O) groups excluding carboxylic acids is 2. The Labute approximate surface area is 121 Å². The third kappa shape index (κ3) is 11.5. The summed E-state index contributed by atoms with van der Waals surface area (Å²) in [5.74, 6) is -1.11. The van der Waals surface area contributed by atoms with Crippen LogP contribution in [0.2, 0.25) is 0 Å². The van der Waals surface area contributed by atoms with E-state index in [-0.39, 0.29) is 0 Å². The highest BCUT2D eigenvalue weighted by atomic mass is 16.7. The molecular formula is C16H26O4. The largest absolute Gasteiger partial charge is 0.422 e. The van der Waals surface area contributed by atoms with Gasteiger partial charge in [0.1, 0.15) is 0 Å². The summed E-state index contributed by atoms with van der Waals surface area (Å²) in [6.07, 6.45) is 11.5. The van der Waals surface area contributed by atoms with Crippen LogP contribution in [0.5, 0.6) is 0 Å². The second-order valence-corrected chi connectivity index (χ2v) is 4.60. The van der Waals surface area contributed by atoms with Crippen LogP contribution in [0.3, 0.4) is 0 Å². The van der Waals surface area contributed by atoms with E-state index in [4.69, 9.17) is 9.47 Å². The molecule has 0 aliphatic carbocycles. The van der Waals surface area contributed by atoms with E-state index in [1.807, 2.05) is 0 Å². The lowest BCUT2D eigenvalue weighted by molar-refractivity contribution is -0.177. The number of rotatable bonds is 11. The molecule has 0 saturated carbocycles. The molecule has 114 valence electrons. The summed E-state index contributed by atoms with van der Waals surface area (Å²) in [5.41, 5.74) is 0. The molecule has 0 aliphatic heterocycles. The Kier molecular flexibility index (Phi) is 11.5. The number of esters is 2. The Morgan fingerprint density at radius 3 is 2.30 bits per heavy atom. The van der Waals surface area contributed by atoms with Gasteiger partial charge in [-0.3, -0.25) is 0 Å². The summed E-state index contributed by atoms with van der Waals surface area (Å²) >= 11 is 0. The zero-order valence-corrected chi connectivity index (χ0v) is 12.6. The third-order valence-corrected chi connectivity index (χ3v) is 2.71. The van der Waals surface area contributed by atoms with E-state index in [0.29, 0.717) is 0 Å². The lowest BCUT2D eigenvalue weighted by atomic mass is 10.1. The molecule has 1 unspecified atom stereocenters. The molecule has 0 saturated heterocycles. The Balaban J connectivity index is 3.62. The van der Waals surface area contributed by atoms with Gasteiger partial charge < -0.3 is 9.47 Å². The third-order valence-electron chi connectivity index (χ3n) is 2.71. The van der Waals surface area contributed by atoms with Gasteiger partial charge in [-0.25, -0.2) is 9.59 Å². The van der Waals surface area contributed by atoms with Crippen molar-refractivity contribution in [3.8, 4) is 0 Å². The molecule has 0 aromatic rings. The molecule has 0 radical (unpaired) electrons. The van der Waals surface area contributed by atoms with Gasteiger partial charge in [-0.05, 0) is 12.8 Å². The van der Waals surface area contributed by atoms with Crippen molar-refractivity contribution in [1.29, 1.82) is 0 Å². The molecule has 0 rings (SSSR count). The minimum absolute atomic E-state index is 0.500. The van der Waals surface area contributed by atoms with Crippen molar-refractivity contribution in [3.63, 3.8) is 0 Å². The van der Waals surface area contributed by atoms with Crippen LogP contribution in [0, 0.1) is 0 Å². The van der Waals surface area contributed by atoms with Gasteiger partial charge in [0.05, 0.1) is 0 Å². The van der Waals surface area contributed by atoms with Crippen molar-refractivity contribution in [1.82, 2.24) is 0 Å². The zero-order chi connectivity index (χ0) is 15.2. The van der Waals surface area contributed by atoms with Crippen molar-refractivity contribution in [3.05, 3.63) is 24.8 Å². The van der Waals surface area contributed by atoms with Crippen molar-refractivity contribution >= 4 is 11.9 Å². The van der Waals surface area contributed by atoms with Gasteiger partial charge in [-0.2, -0.15) is 0 Å². The molecule has 0 spiro atoms. The summed E-state index contributed by atoms with van der Waals surface area (Å²) < 4.78 is 9.58. The van der Waals surface area contributed by atoms with E-state index in [9.17, 15) is 9.59 Å². The van der Waals surface area contributed by atoms with Gasteiger partial charge in [-0.1, -0.05) is 51.7 Å². The Bertz CT molecular complexity index is 320. The predicted molar refractivity (Wildman–Crippen MR) is 79.0 cm³/mol. The van der Waals surface area contributed by atoms with E-state index in [2.05, 4.69) is 13.5 Å². The molecule has 0 aromatic heterocycles. The molecule has 0 aromatic carbocycles. The second-order valence-electron chi connectivity index (χ2n) is 4.60. The van der Waals surface area contributed by atoms with Crippen LogP contribution in [0.4, 0.5) is 0 Å². The minimum Gasteiger partial charge on any atom is -0.422 e. The van der Waals surface area contributed by atoms with E-state index in [0.717, 1.165) is 18.9 Å². The SMILES string of the molecule is C=CC(=O)OC(C)OC(=O)/C=C/CCCCCCCC. The maximum atomic E-state index is 11.4. The highest BCUT2D eigenvalue weighted by Gasteiger charge is 2.09. The van der Waals surface area contributed by atoms with Crippen molar-refractivity contribution < 1.29 is 19.1 Å². The van der Waals surface area contributed by atoms with Crippen molar-refractivity contribution in [2.75, 3.05) is 0 Å². The molecule has 0 aliphatic rings. The fourth-order valence-electron chi connectivity index (χ4n) is 1.66. The number of hydrogen-bond acceptors (Lipinski definition) is 4. The molecule has 0 N–H and O–H groups in total. The van der Waals surface area contributed by atoms with Crippen LogP contribution in [0.15, 0.2) is 24.8 Å². The maximum Gasteiger partial charge on any atom is 0.333 e. The van der Waals surface area contributed by atoms with Crippen LogP contribution in [-0.4, -0.2) is 18.2 Å². The monoisotopic (exact) mass is 282 g/mol. The van der Waals surface area contributed by atoms with Crippen LogP contribution in [0.25, 0.3) is 0 Å². The Hall–Kier alpha value is -1.58. The molecule has 4 nitrogen and oxygen atoms in total. The summed E-state index contributed by atoms with van der Waals surface area (Å²) in [4.78, 5) is 22.2. The maximum absolute atomic E-state index is 11.4. The van der Waals surface area contributed by atoms with Crippen molar-refractivity contribution in [2.45, 2.75) is 65.1 Å². The number of carbonyl (C=O) groups is 2. The van der Waals surface area contributed by atoms with Gasteiger partial charge in [0.15, 0.2) is 0 Å². The smallest absolute Gasteiger partial charge is 0.333 e. The first-order valence-electron chi connectivity index (χ1n) is 7.30. The first-order valence-corrected chi connectivity index (χ1v) is 7.30. The summed E-state index contributed by atoms with van der Waals surface area (Å²) in [6, 6.07) is 0. The highest BCUT2D eigenvalue weighted by Crippen LogP contribution is 2.07. The molecule has 1 atom stereocenters. The minimum atomic E-state index is -0.897. The summed E-state index contributed by atoms with van der Waals surface area (Å²) in [7, 11) is 0. The van der Waals surface area contributed by atoms with Gasteiger partial charge in [0, 0.05) is 19.1 Å². The zero-order valence-electron chi connectivity index (χ0n) is 12.6. The molecule has 4 heteroatoms. The van der Waals surface area contributed by atoms with Crippen LogP contribution >= 0.6 is 0 Å². The first kappa shape index (κ1) is 18.4. The van der Waals surface area contributed by atoms with Crippen LogP contribution in [-0.2, 0) is 19.1 Å². The van der Waals surface area contributed by atoms with E-state index >= 15 is 0 Å². The van der Waals surface area contributed by atoms with Gasteiger partial charge >= 0.3 is 11.9 Å². The lowest BCUT2D eigenvalue weighted by Crippen LogP contribution is -2.19.